The third-order valence-electron chi connectivity index (χ3n) is 11.6. The second kappa shape index (κ2) is 13.1. The number of rotatable bonds is 8. The Hall–Kier alpha value is -5.24. The van der Waals surface area contributed by atoms with E-state index in [0.29, 0.717) is 0 Å². The van der Waals surface area contributed by atoms with Gasteiger partial charge in [0.05, 0.1) is 13.1 Å². The fourth-order valence-electron chi connectivity index (χ4n) is 9.05. The average Bonchev–Trinajstić information content (AvgIpc) is 3.34. The van der Waals surface area contributed by atoms with Crippen LogP contribution in [0, 0.1) is 0 Å². The Morgan fingerprint density at radius 1 is 0.412 bits per heavy atom. The summed E-state index contributed by atoms with van der Waals surface area (Å²) in [6.07, 6.45) is 4.87. The molecule has 1 nitrogen and oxygen atoms in total. The average molecular weight is 661 g/mol. The van der Waals surface area contributed by atoms with Crippen LogP contribution in [-0.2, 0) is 13.1 Å². The summed E-state index contributed by atoms with van der Waals surface area (Å²) in [5.41, 5.74) is 11.3. The van der Waals surface area contributed by atoms with Gasteiger partial charge in [-0.1, -0.05) is 148 Å². The van der Waals surface area contributed by atoms with Crippen LogP contribution in [0.15, 0.2) is 146 Å². The highest BCUT2D eigenvalue weighted by Crippen LogP contribution is 2.50. The van der Waals surface area contributed by atoms with Crippen LogP contribution in [0.2, 0.25) is 0 Å². The minimum atomic E-state index is 1.03. The van der Waals surface area contributed by atoms with Crippen LogP contribution in [0.3, 0.4) is 0 Å². The van der Waals surface area contributed by atoms with Gasteiger partial charge in [0.15, 0.2) is 0 Å². The molecule has 0 aliphatic carbocycles. The van der Waals surface area contributed by atoms with Crippen molar-refractivity contribution in [2.45, 2.75) is 52.6 Å². The van der Waals surface area contributed by atoms with E-state index in [1.807, 2.05) is 0 Å². The second-order valence-electron chi connectivity index (χ2n) is 14.9. The van der Waals surface area contributed by atoms with E-state index in [1.165, 1.54) is 126 Å². The molecule has 0 N–H and O–H groups in total. The molecule has 250 valence electrons. The predicted molar refractivity (Wildman–Crippen MR) is 220 cm³/mol. The van der Waals surface area contributed by atoms with Gasteiger partial charge in [-0.15, -0.1) is 0 Å². The maximum absolute atomic E-state index is 2.51. The molecule has 0 spiro atoms. The highest BCUT2D eigenvalue weighted by molar-refractivity contribution is 6.12. The summed E-state index contributed by atoms with van der Waals surface area (Å²) < 4.78 is 1.08. The second-order valence-corrected chi connectivity index (χ2v) is 14.9. The Kier molecular flexibility index (Phi) is 8.17. The van der Waals surface area contributed by atoms with Crippen LogP contribution in [0.5, 0.6) is 0 Å². The first kappa shape index (κ1) is 31.7. The molecule has 0 atom stereocenters. The molecule has 0 radical (unpaired) electrons. The maximum Gasteiger partial charge on any atom is 0.106 e. The topological polar surface area (TPSA) is 0 Å². The van der Waals surface area contributed by atoms with Gasteiger partial charge < -0.3 is 4.48 Å². The zero-order chi connectivity index (χ0) is 34.4. The summed E-state index contributed by atoms with van der Waals surface area (Å²) in [6, 6.07) is 55.2. The van der Waals surface area contributed by atoms with Crippen LogP contribution in [0.25, 0.3) is 76.5 Å². The fraction of sp³-hybridized carbons (Fsp3) is 0.200. The van der Waals surface area contributed by atoms with Gasteiger partial charge in [0.2, 0.25) is 0 Å². The zero-order valence-electron chi connectivity index (χ0n) is 30.0. The lowest BCUT2D eigenvalue weighted by Crippen LogP contribution is -2.47. The monoisotopic (exact) mass is 660 g/mol. The number of benzene rings is 8. The molecule has 8 aromatic rings. The summed E-state index contributed by atoms with van der Waals surface area (Å²) in [6.45, 7) is 9.15. The lowest BCUT2D eigenvalue weighted by molar-refractivity contribution is -0.953. The van der Waals surface area contributed by atoms with E-state index in [0.717, 1.165) is 17.6 Å². The molecule has 9 rings (SSSR count). The minimum Gasteiger partial charge on any atom is -0.316 e. The van der Waals surface area contributed by atoms with Gasteiger partial charge >= 0.3 is 0 Å². The van der Waals surface area contributed by atoms with Crippen molar-refractivity contribution in [3.8, 4) is 33.4 Å². The van der Waals surface area contributed by atoms with Crippen LogP contribution in [0.1, 0.15) is 50.7 Å². The van der Waals surface area contributed by atoms with Gasteiger partial charge in [0.25, 0.3) is 0 Å². The van der Waals surface area contributed by atoms with Gasteiger partial charge in [0.1, 0.15) is 13.1 Å². The number of fused-ring (bicyclic) bond motifs is 9. The first-order valence-electron chi connectivity index (χ1n) is 19.1. The molecule has 51 heavy (non-hydrogen) atoms. The molecule has 0 amide bonds. The van der Waals surface area contributed by atoms with Crippen molar-refractivity contribution in [1.82, 2.24) is 0 Å². The first-order chi connectivity index (χ1) is 25.1. The molecule has 1 heterocycles. The molecule has 0 saturated carbocycles. The minimum absolute atomic E-state index is 1.03. The Morgan fingerprint density at radius 2 is 0.804 bits per heavy atom. The predicted octanol–water partition coefficient (Wildman–Crippen LogP) is 13.7. The van der Waals surface area contributed by atoms with Crippen LogP contribution in [-0.4, -0.2) is 17.6 Å². The van der Waals surface area contributed by atoms with Gasteiger partial charge in [0, 0.05) is 22.3 Å². The third kappa shape index (κ3) is 5.61. The lowest BCUT2D eigenvalue weighted by Gasteiger charge is -2.39. The summed E-state index contributed by atoms with van der Waals surface area (Å²) in [4.78, 5) is 0. The summed E-state index contributed by atoms with van der Waals surface area (Å²) in [5.74, 6) is 0. The molecule has 1 heteroatoms. The van der Waals surface area contributed by atoms with E-state index < -0.39 is 0 Å². The molecule has 0 bridgehead atoms. The fourth-order valence-corrected chi connectivity index (χ4v) is 9.05. The van der Waals surface area contributed by atoms with Crippen LogP contribution < -0.4 is 0 Å². The Morgan fingerprint density at radius 3 is 1.24 bits per heavy atom. The lowest BCUT2D eigenvalue weighted by atomic mass is 9.82. The SMILES string of the molecule is CCCC[N+]1(CCCC)Cc2c(-c3ccc4ccccc4c3)cc3ccccc3c2-c2c(c(-c3ccc4ccccc4c3)cc3ccccc23)C1. The van der Waals surface area contributed by atoms with Crippen molar-refractivity contribution >= 4 is 43.1 Å². The quantitative estimate of drug-likeness (QED) is 0.142. The van der Waals surface area contributed by atoms with Crippen molar-refractivity contribution in [3.63, 3.8) is 0 Å². The van der Waals surface area contributed by atoms with Gasteiger partial charge in [-0.25, -0.2) is 0 Å². The van der Waals surface area contributed by atoms with Crippen molar-refractivity contribution in [2.75, 3.05) is 13.1 Å². The Balaban J connectivity index is 1.44. The Labute approximate surface area is 302 Å². The molecule has 0 unspecified atom stereocenters. The van der Waals surface area contributed by atoms with Crippen LogP contribution in [0.4, 0.5) is 0 Å². The highest BCUT2D eigenvalue weighted by Gasteiger charge is 2.37. The van der Waals surface area contributed by atoms with E-state index in [9.17, 15) is 0 Å². The van der Waals surface area contributed by atoms with Gasteiger partial charge in [-0.3, -0.25) is 0 Å². The number of unbranched alkanes of at least 4 members (excludes halogenated alkanes) is 2. The van der Waals surface area contributed by atoms with Crippen molar-refractivity contribution < 1.29 is 4.48 Å². The Bertz CT molecular complexity index is 2390. The largest absolute Gasteiger partial charge is 0.316 e. The molecule has 1 aliphatic heterocycles. The normalized spacial score (nSPS) is 13.8. The standard InChI is InChI=1S/C50H46N/c1-3-5-27-51(28-6-4-2)33-47-45(41-25-23-35-15-7-9-17-37(35)29-41)31-39-19-11-13-21-43(39)49(47)50-44-22-14-12-20-40(44)32-46(48(50)34-51)42-26-24-36-16-8-10-18-38(36)30-42/h7-26,29-32H,3-6,27-28,33-34H2,1-2H3/q+1. The van der Waals surface area contributed by atoms with Crippen LogP contribution >= 0.6 is 0 Å². The van der Waals surface area contributed by atoms with Gasteiger partial charge in [-0.2, -0.15) is 0 Å². The van der Waals surface area contributed by atoms with Crippen molar-refractivity contribution in [1.29, 1.82) is 0 Å². The van der Waals surface area contributed by atoms with Crippen molar-refractivity contribution in [2.24, 2.45) is 0 Å². The summed E-state index contributed by atoms with van der Waals surface area (Å²) in [5, 5.41) is 10.5. The van der Waals surface area contributed by atoms with E-state index in [1.54, 1.807) is 0 Å². The van der Waals surface area contributed by atoms with Gasteiger partial charge in [-0.05, 0) is 102 Å². The number of nitrogens with zero attached hydrogens (tertiary/aromatic N) is 1. The van der Waals surface area contributed by atoms with E-state index in [4.69, 9.17) is 0 Å². The molecule has 0 fully saturated rings. The highest BCUT2D eigenvalue weighted by atomic mass is 15.3. The maximum atomic E-state index is 2.51. The summed E-state index contributed by atoms with van der Waals surface area (Å²) in [7, 11) is 0. The molecule has 1 aliphatic rings. The molecular formula is C50H46N+. The van der Waals surface area contributed by atoms with E-state index in [-0.39, 0.29) is 0 Å². The zero-order valence-corrected chi connectivity index (χ0v) is 30.0. The number of hydrogen-bond acceptors (Lipinski definition) is 0. The first-order valence-corrected chi connectivity index (χ1v) is 19.1. The molecule has 0 aromatic heterocycles. The number of quaternary nitrogens is 1. The molecule has 8 aromatic carbocycles. The van der Waals surface area contributed by atoms with Crippen molar-refractivity contribution in [3.05, 3.63) is 157 Å². The molecule has 0 saturated heterocycles. The van der Waals surface area contributed by atoms with E-state index >= 15 is 0 Å². The number of hydrogen-bond donors (Lipinski definition) is 0. The third-order valence-corrected chi connectivity index (χ3v) is 11.6. The summed E-state index contributed by atoms with van der Waals surface area (Å²) >= 11 is 0. The van der Waals surface area contributed by atoms with E-state index in [2.05, 4.69) is 159 Å². The molecular weight excluding hydrogens is 615 g/mol. The smallest absolute Gasteiger partial charge is 0.106 e.